The van der Waals surface area contributed by atoms with Crippen molar-refractivity contribution >= 4 is 41.7 Å². The Bertz CT molecular complexity index is 1230. The van der Waals surface area contributed by atoms with E-state index in [2.05, 4.69) is 52.3 Å². The highest BCUT2D eigenvalue weighted by Gasteiger charge is 2.58. The van der Waals surface area contributed by atoms with Crippen LogP contribution in [0.3, 0.4) is 0 Å². The average molecular weight is 553 g/mol. The topological polar surface area (TPSA) is 68.7 Å². The SMILES string of the molecule is CC(C)C[C@H]1[C@H](OC(Cc2nc3ccccc3s2)C(=O)OCc2ccccc2)C(=O)N1[Si](C)(C)C(C)(C)C. The van der Waals surface area contributed by atoms with Gasteiger partial charge in [-0.2, -0.15) is 0 Å². The Hall–Kier alpha value is -2.55. The Morgan fingerprint density at radius 1 is 1.08 bits per heavy atom. The number of hydrogen-bond donors (Lipinski definition) is 0. The van der Waals surface area contributed by atoms with Gasteiger partial charge in [0.15, 0.2) is 20.4 Å². The summed E-state index contributed by atoms with van der Waals surface area (Å²) in [6, 6.07) is 17.4. The molecule has 0 saturated carbocycles. The number of nitrogens with zero attached hydrogens (tertiary/aromatic N) is 2. The van der Waals surface area contributed by atoms with Crippen molar-refractivity contribution in [3.05, 3.63) is 65.2 Å². The molecule has 1 aliphatic heterocycles. The molecule has 6 nitrogen and oxygen atoms in total. The Morgan fingerprint density at radius 3 is 2.37 bits per heavy atom. The second-order valence-corrected chi connectivity index (χ2v) is 18.3. The molecule has 8 heteroatoms. The van der Waals surface area contributed by atoms with Crippen molar-refractivity contribution in [3.63, 3.8) is 0 Å². The zero-order chi connectivity index (χ0) is 27.7. The lowest BCUT2D eigenvalue weighted by atomic mass is 9.92. The van der Waals surface area contributed by atoms with Crippen LogP contribution in [0.5, 0.6) is 0 Å². The molecule has 0 spiro atoms. The summed E-state index contributed by atoms with van der Waals surface area (Å²) < 4.78 is 15.3. The van der Waals surface area contributed by atoms with E-state index in [0.717, 1.165) is 27.2 Å². The molecule has 1 aromatic heterocycles. The molecule has 4 rings (SSSR count). The summed E-state index contributed by atoms with van der Waals surface area (Å²) in [4.78, 5) is 31.8. The lowest BCUT2D eigenvalue weighted by Gasteiger charge is -2.58. The lowest BCUT2D eigenvalue weighted by Crippen LogP contribution is -2.76. The van der Waals surface area contributed by atoms with Crippen LogP contribution in [0.15, 0.2) is 54.6 Å². The maximum absolute atomic E-state index is 13.6. The van der Waals surface area contributed by atoms with Crippen LogP contribution in [0.25, 0.3) is 10.2 Å². The van der Waals surface area contributed by atoms with Crippen molar-refractivity contribution < 1.29 is 19.1 Å². The van der Waals surface area contributed by atoms with Gasteiger partial charge in [-0.1, -0.05) is 90.2 Å². The van der Waals surface area contributed by atoms with E-state index in [-0.39, 0.29) is 30.0 Å². The first-order valence-corrected chi connectivity index (χ1v) is 17.2. The second kappa shape index (κ2) is 11.3. The van der Waals surface area contributed by atoms with Crippen LogP contribution in [-0.4, -0.2) is 47.9 Å². The average Bonchev–Trinajstić information content (AvgIpc) is 3.26. The fraction of sp³-hybridized carbons (Fsp3) is 0.500. The minimum absolute atomic E-state index is 0.00704. The Morgan fingerprint density at radius 2 is 1.74 bits per heavy atom. The Balaban J connectivity index is 1.58. The highest BCUT2D eigenvalue weighted by Crippen LogP contribution is 2.45. The molecule has 0 aliphatic carbocycles. The molecule has 0 bridgehead atoms. The summed E-state index contributed by atoms with van der Waals surface area (Å²) in [7, 11) is -2.11. The third-order valence-electron chi connectivity index (χ3n) is 7.81. The largest absolute Gasteiger partial charge is 0.459 e. The highest BCUT2D eigenvalue weighted by atomic mass is 32.1. The predicted octanol–water partition coefficient (Wildman–Crippen LogP) is 6.60. The zero-order valence-corrected chi connectivity index (χ0v) is 25.4. The summed E-state index contributed by atoms with van der Waals surface area (Å²) in [6.07, 6.45) is -0.471. The van der Waals surface area contributed by atoms with E-state index in [1.165, 1.54) is 0 Å². The van der Waals surface area contributed by atoms with Crippen LogP contribution < -0.4 is 0 Å². The fourth-order valence-electron chi connectivity index (χ4n) is 4.78. The van der Waals surface area contributed by atoms with Crippen molar-refractivity contribution in [1.82, 2.24) is 9.55 Å². The van der Waals surface area contributed by atoms with E-state index < -0.39 is 26.4 Å². The molecule has 204 valence electrons. The van der Waals surface area contributed by atoms with E-state index in [9.17, 15) is 9.59 Å². The third-order valence-corrected chi connectivity index (χ3v) is 14.3. The summed E-state index contributed by atoms with van der Waals surface area (Å²) in [5.74, 6) is -0.0819. The highest BCUT2D eigenvalue weighted by molar-refractivity contribution is 7.18. The van der Waals surface area contributed by atoms with Gasteiger partial charge in [-0.3, -0.25) is 4.79 Å². The maximum Gasteiger partial charge on any atom is 0.336 e. The van der Waals surface area contributed by atoms with Crippen LogP contribution in [0.1, 0.15) is 51.6 Å². The van der Waals surface area contributed by atoms with Gasteiger partial charge in [-0.25, -0.2) is 9.78 Å². The number of aromatic nitrogens is 1. The maximum atomic E-state index is 13.6. The Labute approximate surface area is 231 Å². The van der Waals surface area contributed by atoms with Crippen molar-refractivity contribution in [2.75, 3.05) is 0 Å². The van der Waals surface area contributed by atoms with Crippen LogP contribution >= 0.6 is 11.3 Å². The number of benzene rings is 2. The molecule has 1 aliphatic rings. The van der Waals surface area contributed by atoms with E-state index in [0.29, 0.717) is 5.92 Å². The molecule has 2 aromatic carbocycles. The van der Waals surface area contributed by atoms with Gasteiger partial charge in [-0.05, 0) is 35.1 Å². The second-order valence-electron chi connectivity index (χ2n) is 12.1. The van der Waals surface area contributed by atoms with Gasteiger partial charge in [0.05, 0.1) is 21.3 Å². The number of carbonyl (C=O) groups excluding carboxylic acids is 2. The van der Waals surface area contributed by atoms with E-state index in [1.807, 2.05) is 54.6 Å². The molecule has 3 aromatic rings. The van der Waals surface area contributed by atoms with Crippen molar-refractivity contribution in [3.8, 4) is 0 Å². The van der Waals surface area contributed by atoms with Gasteiger partial charge in [0.2, 0.25) is 5.91 Å². The number of β-lactam (4-membered cyclic amide) rings is 1. The number of fused-ring (bicyclic) bond motifs is 1. The smallest absolute Gasteiger partial charge is 0.336 e. The number of rotatable bonds is 10. The van der Waals surface area contributed by atoms with Gasteiger partial charge < -0.3 is 14.0 Å². The van der Waals surface area contributed by atoms with Crippen LogP contribution in [-0.2, 0) is 32.1 Å². The number of carbonyl (C=O) groups is 2. The molecule has 0 N–H and O–H groups in total. The van der Waals surface area contributed by atoms with Gasteiger partial charge in [0, 0.05) is 6.42 Å². The summed E-state index contributed by atoms with van der Waals surface area (Å²) >= 11 is 1.54. The van der Waals surface area contributed by atoms with Crippen LogP contribution in [0.4, 0.5) is 0 Å². The molecular weight excluding hydrogens is 512 g/mol. The zero-order valence-electron chi connectivity index (χ0n) is 23.6. The molecule has 38 heavy (non-hydrogen) atoms. The predicted molar refractivity (Wildman–Crippen MR) is 156 cm³/mol. The number of amides is 1. The Kier molecular flexibility index (Phi) is 8.45. The molecule has 1 fully saturated rings. The molecule has 0 radical (unpaired) electrons. The first kappa shape index (κ1) is 28.5. The molecule has 1 saturated heterocycles. The quantitative estimate of drug-likeness (QED) is 0.161. The molecule has 2 heterocycles. The molecule has 3 atom stereocenters. The van der Waals surface area contributed by atoms with Crippen molar-refractivity contribution in [2.24, 2.45) is 5.92 Å². The van der Waals surface area contributed by atoms with Gasteiger partial charge >= 0.3 is 5.97 Å². The monoisotopic (exact) mass is 552 g/mol. The third kappa shape index (κ3) is 6.03. The summed E-state index contributed by atoms with van der Waals surface area (Å²) in [5, 5.41) is 0.805. The van der Waals surface area contributed by atoms with E-state index in [4.69, 9.17) is 14.5 Å². The van der Waals surface area contributed by atoms with E-state index >= 15 is 0 Å². The minimum Gasteiger partial charge on any atom is -0.459 e. The summed E-state index contributed by atoms with van der Waals surface area (Å²) in [5.41, 5.74) is 1.80. The lowest BCUT2D eigenvalue weighted by molar-refractivity contribution is -0.184. The minimum atomic E-state index is -2.11. The standard InChI is InChI=1S/C30H40N2O4SSi/c1-20(2)17-23-27(28(33)32(23)38(6,7)30(3,4)5)36-24(29(34)35-19-21-13-9-8-10-14-21)18-26-31-22-15-11-12-16-25(22)37-26/h8-16,20,23-24,27H,17-19H2,1-7H3/t23-,24?,27-/m0/s1. The molecule has 1 amide bonds. The number of ether oxygens (including phenoxy) is 2. The number of esters is 1. The van der Waals surface area contributed by atoms with Crippen LogP contribution in [0.2, 0.25) is 18.1 Å². The van der Waals surface area contributed by atoms with Gasteiger partial charge in [0.1, 0.15) is 6.61 Å². The molecule has 1 unspecified atom stereocenters. The van der Waals surface area contributed by atoms with Gasteiger partial charge in [0.25, 0.3) is 0 Å². The normalized spacial score (nSPS) is 19.1. The van der Waals surface area contributed by atoms with E-state index in [1.54, 1.807) is 11.3 Å². The fourth-order valence-corrected chi connectivity index (χ4v) is 8.25. The van der Waals surface area contributed by atoms with Crippen molar-refractivity contribution in [1.29, 1.82) is 0 Å². The van der Waals surface area contributed by atoms with Crippen molar-refractivity contribution in [2.45, 2.75) is 90.4 Å². The number of hydrogen-bond acceptors (Lipinski definition) is 6. The number of para-hydroxylation sites is 1. The first-order chi connectivity index (χ1) is 17.9. The summed E-state index contributed by atoms with van der Waals surface area (Å²) in [6.45, 7) is 15.6. The van der Waals surface area contributed by atoms with Crippen LogP contribution in [0, 0.1) is 5.92 Å². The number of thiazole rings is 1. The first-order valence-electron chi connectivity index (χ1n) is 13.4. The molecular formula is C30H40N2O4SSi. The van der Waals surface area contributed by atoms with Gasteiger partial charge in [-0.15, -0.1) is 11.3 Å².